The van der Waals surface area contributed by atoms with Crippen molar-refractivity contribution in [3.63, 3.8) is 0 Å². The van der Waals surface area contributed by atoms with E-state index in [1.165, 1.54) is 36.0 Å². The van der Waals surface area contributed by atoms with Gasteiger partial charge >= 0.3 is 0 Å². The molecule has 0 aromatic heterocycles. The molecule has 2 nitrogen and oxygen atoms in total. The minimum Gasteiger partial charge on any atom is -0.493 e. The van der Waals surface area contributed by atoms with Crippen molar-refractivity contribution in [1.29, 1.82) is 0 Å². The van der Waals surface area contributed by atoms with Gasteiger partial charge in [-0.1, -0.05) is 42.5 Å². The Bertz CT molecular complexity index is 637. The number of hydrogen-bond donors (Lipinski definition) is 1. The lowest BCUT2D eigenvalue weighted by Gasteiger charge is -2.27. The van der Waals surface area contributed by atoms with E-state index in [0.717, 1.165) is 18.9 Å². The molecule has 1 aliphatic heterocycles. The van der Waals surface area contributed by atoms with Gasteiger partial charge in [-0.15, -0.1) is 0 Å². The third-order valence-corrected chi connectivity index (χ3v) is 4.78. The zero-order valence-corrected chi connectivity index (χ0v) is 12.2. The molecule has 1 aliphatic carbocycles. The number of benzene rings is 2. The Labute approximate surface area is 126 Å². The predicted molar refractivity (Wildman–Crippen MR) is 84.8 cm³/mol. The summed E-state index contributed by atoms with van der Waals surface area (Å²) in [5, 5.41) is 3.78. The van der Waals surface area contributed by atoms with Gasteiger partial charge in [0.15, 0.2) is 0 Å². The van der Waals surface area contributed by atoms with E-state index in [1.807, 2.05) is 6.07 Å². The highest BCUT2D eigenvalue weighted by Crippen LogP contribution is 2.34. The zero-order valence-electron chi connectivity index (χ0n) is 12.2. The summed E-state index contributed by atoms with van der Waals surface area (Å²) in [6, 6.07) is 17.8. The highest BCUT2D eigenvalue weighted by molar-refractivity contribution is 5.40. The van der Waals surface area contributed by atoms with E-state index in [2.05, 4.69) is 47.8 Å². The maximum Gasteiger partial charge on any atom is 0.122 e. The van der Waals surface area contributed by atoms with Gasteiger partial charge in [0.2, 0.25) is 0 Å². The van der Waals surface area contributed by atoms with Crippen molar-refractivity contribution in [3.8, 4) is 5.75 Å². The third kappa shape index (κ3) is 2.44. The lowest BCUT2D eigenvalue weighted by Crippen LogP contribution is -2.29. The van der Waals surface area contributed by atoms with Crippen LogP contribution in [0, 0.1) is 0 Å². The number of hydrogen-bond acceptors (Lipinski definition) is 2. The van der Waals surface area contributed by atoms with Gasteiger partial charge in [-0.3, -0.25) is 0 Å². The van der Waals surface area contributed by atoms with Crippen LogP contribution in [0.2, 0.25) is 0 Å². The van der Waals surface area contributed by atoms with Gasteiger partial charge < -0.3 is 10.1 Å². The minimum atomic E-state index is 0.482. The SMILES string of the molecule is c1ccc2c(c1)CCCC2NCC1COc2ccccc21. The van der Waals surface area contributed by atoms with Gasteiger partial charge in [-0.05, 0) is 36.5 Å². The summed E-state index contributed by atoms with van der Waals surface area (Å²) in [4.78, 5) is 0. The van der Waals surface area contributed by atoms with Crippen LogP contribution in [0.25, 0.3) is 0 Å². The number of aryl methyl sites for hydroxylation is 1. The number of para-hydroxylation sites is 1. The second-order valence-electron chi connectivity index (χ2n) is 6.10. The molecule has 2 heteroatoms. The van der Waals surface area contributed by atoms with Crippen LogP contribution in [-0.4, -0.2) is 13.2 Å². The molecule has 2 aromatic carbocycles. The molecule has 0 saturated carbocycles. The van der Waals surface area contributed by atoms with E-state index in [-0.39, 0.29) is 0 Å². The number of rotatable bonds is 3. The topological polar surface area (TPSA) is 21.3 Å². The molecule has 2 aromatic rings. The Morgan fingerprint density at radius 2 is 1.81 bits per heavy atom. The molecule has 0 bridgehead atoms. The monoisotopic (exact) mass is 279 g/mol. The van der Waals surface area contributed by atoms with Crippen LogP contribution in [0.5, 0.6) is 5.75 Å². The molecule has 0 fully saturated rings. The minimum absolute atomic E-state index is 0.482. The Hall–Kier alpha value is -1.80. The van der Waals surface area contributed by atoms with Gasteiger partial charge in [0, 0.05) is 24.1 Å². The fourth-order valence-corrected chi connectivity index (χ4v) is 3.65. The van der Waals surface area contributed by atoms with Crippen molar-refractivity contribution in [3.05, 3.63) is 65.2 Å². The van der Waals surface area contributed by atoms with E-state index in [9.17, 15) is 0 Å². The average Bonchev–Trinajstić information content (AvgIpc) is 2.96. The first-order chi connectivity index (χ1) is 10.4. The van der Waals surface area contributed by atoms with Gasteiger partial charge in [-0.2, -0.15) is 0 Å². The van der Waals surface area contributed by atoms with Gasteiger partial charge in [-0.25, -0.2) is 0 Å². The summed E-state index contributed by atoms with van der Waals surface area (Å²) in [5.41, 5.74) is 4.37. The Kier molecular flexibility index (Phi) is 3.40. The average molecular weight is 279 g/mol. The zero-order chi connectivity index (χ0) is 14.1. The molecule has 21 heavy (non-hydrogen) atoms. The van der Waals surface area contributed by atoms with E-state index >= 15 is 0 Å². The Morgan fingerprint density at radius 1 is 1.00 bits per heavy atom. The first-order valence-electron chi connectivity index (χ1n) is 7.95. The largest absolute Gasteiger partial charge is 0.493 e. The molecule has 1 N–H and O–H groups in total. The molecule has 108 valence electrons. The van der Waals surface area contributed by atoms with Crippen LogP contribution in [0.4, 0.5) is 0 Å². The van der Waals surface area contributed by atoms with Crippen LogP contribution in [0.15, 0.2) is 48.5 Å². The summed E-state index contributed by atoms with van der Waals surface area (Å²) in [7, 11) is 0. The smallest absolute Gasteiger partial charge is 0.122 e. The van der Waals surface area contributed by atoms with Crippen molar-refractivity contribution in [2.75, 3.05) is 13.2 Å². The van der Waals surface area contributed by atoms with E-state index in [1.54, 1.807) is 0 Å². The lowest BCUT2D eigenvalue weighted by atomic mass is 9.87. The molecule has 2 aliphatic rings. The summed E-state index contributed by atoms with van der Waals surface area (Å²) in [5.74, 6) is 1.55. The molecular formula is C19H21NO. The second kappa shape index (κ2) is 5.53. The van der Waals surface area contributed by atoms with Gasteiger partial charge in [0.1, 0.15) is 5.75 Å². The quantitative estimate of drug-likeness (QED) is 0.922. The van der Waals surface area contributed by atoms with Crippen molar-refractivity contribution in [2.45, 2.75) is 31.2 Å². The van der Waals surface area contributed by atoms with E-state index in [4.69, 9.17) is 4.74 Å². The fourth-order valence-electron chi connectivity index (χ4n) is 3.65. The molecule has 1 heterocycles. The summed E-state index contributed by atoms with van der Waals surface area (Å²) < 4.78 is 5.78. The predicted octanol–water partition coefficient (Wildman–Crippen LogP) is 3.83. The molecule has 2 atom stereocenters. The first-order valence-corrected chi connectivity index (χ1v) is 7.95. The van der Waals surface area contributed by atoms with Crippen molar-refractivity contribution >= 4 is 0 Å². The van der Waals surface area contributed by atoms with Crippen LogP contribution in [0.1, 0.15) is 41.5 Å². The van der Waals surface area contributed by atoms with E-state index in [0.29, 0.717) is 12.0 Å². The summed E-state index contributed by atoms with van der Waals surface area (Å²) in [6.07, 6.45) is 3.75. The standard InChI is InChI=1S/C19H21NO/c1-2-8-16-14(6-1)7-5-10-18(16)20-12-15-13-21-19-11-4-3-9-17(15)19/h1-4,6,8-9,11,15,18,20H,5,7,10,12-13H2. The molecule has 2 unspecified atom stereocenters. The van der Waals surface area contributed by atoms with Crippen molar-refractivity contribution in [1.82, 2.24) is 5.32 Å². The molecule has 0 amide bonds. The Morgan fingerprint density at radius 3 is 2.76 bits per heavy atom. The third-order valence-electron chi connectivity index (χ3n) is 4.78. The van der Waals surface area contributed by atoms with Crippen molar-refractivity contribution < 1.29 is 4.74 Å². The second-order valence-corrected chi connectivity index (χ2v) is 6.10. The normalized spacial score (nSPS) is 23.2. The van der Waals surface area contributed by atoms with Crippen molar-refractivity contribution in [2.24, 2.45) is 0 Å². The summed E-state index contributed by atoms with van der Waals surface area (Å²) in [6.45, 7) is 1.80. The molecule has 4 rings (SSSR count). The highest BCUT2D eigenvalue weighted by atomic mass is 16.5. The van der Waals surface area contributed by atoms with Crippen LogP contribution < -0.4 is 10.1 Å². The summed E-state index contributed by atoms with van der Waals surface area (Å²) >= 11 is 0. The molecule has 0 radical (unpaired) electrons. The number of ether oxygens (including phenoxy) is 1. The lowest BCUT2D eigenvalue weighted by molar-refractivity contribution is 0.319. The Balaban J connectivity index is 1.47. The number of nitrogens with one attached hydrogen (secondary N) is 1. The van der Waals surface area contributed by atoms with Gasteiger partial charge in [0.25, 0.3) is 0 Å². The highest BCUT2D eigenvalue weighted by Gasteiger charge is 2.25. The fraction of sp³-hybridized carbons (Fsp3) is 0.368. The maximum absolute atomic E-state index is 5.78. The van der Waals surface area contributed by atoms with Crippen LogP contribution >= 0.6 is 0 Å². The molecular weight excluding hydrogens is 258 g/mol. The maximum atomic E-state index is 5.78. The molecule has 0 saturated heterocycles. The van der Waals surface area contributed by atoms with Crippen LogP contribution in [-0.2, 0) is 6.42 Å². The first kappa shape index (κ1) is 12.9. The van der Waals surface area contributed by atoms with Crippen LogP contribution in [0.3, 0.4) is 0 Å². The molecule has 0 spiro atoms. The number of fused-ring (bicyclic) bond motifs is 2. The van der Waals surface area contributed by atoms with Gasteiger partial charge in [0.05, 0.1) is 6.61 Å². The van der Waals surface area contributed by atoms with E-state index < -0.39 is 0 Å².